The second-order valence-corrected chi connectivity index (χ2v) is 14.5. The molecule has 0 saturated heterocycles. The molecular weight excluding hydrogens is 544 g/mol. The number of thioether (sulfide) groups is 1. The molecule has 0 radical (unpaired) electrons. The van der Waals surface area contributed by atoms with Crippen molar-refractivity contribution in [2.24, 2.45) is 5.41 Å². The summed E-state index contributed by atoms with van der Waals surface area (Å²) in [6.07, 6.45) is 0.530. The summed E-state index contributed by atoms with van der Waals surface area (Å²) >= 11 is 8.02. The summed E-state index contributed by atoms with van der Waals surface area (Å²) in [6.45, 7) is 16.1. The van der Waals surface area contributed by atoms with Crippen LogP contribution in [0.3, 0.4) is 0 Å². The topological polar surface area (TPSA) is 86.6 Å². The third-order valence-corrected chi connectivity index (χ3v) is 8.20. The van der Waals surface area contributed by atoms with Crippen LogP contribution in [0.4, 0.5) is 4.79 Å². The highest BCUT2D eigenvalue weighted by Gasteiger charge is 2.33. The van der Waals surface area contributed by atoms with Gasteiger partial charge in [-0.3, -0.25) is 10.0 Å². The van der Waals surface area contributed by atoms with E-state index < -0.39 is 11.4 Å². The molecule has 3 N–H and O–H groups in total. The van der Waals surface area contributed by atoms with E-state index in [4.69, 9.17) is 11.6 Å². The van der Waals surface area contributed by atoms with E-state index in [1.807, 2.05) is 49.9 Å². The molecule has 1 heterocycles. The minimum Gasteiger partial charge on any atom is -0.354 e. The van der Waals surface area contributed by atoms with Crippen molar-refractivity contribution in [3.63, 3.8) is 0 Å². The molecule has 0 bridgehead atoms. The molecule has 0 saturated carbocycles. The lowest BCUT2D eigenvalue weighted by atomic mass is 9.86. The Morgan fingerprint density at radius 3 is 2.23 bits per heavy atom. The fourth-order valence-corrected chi connectivity index (χ4v) is 5.81. The number of fused-ring (bicyclic) bond motifs is 1. The number of hydrogen-bond donors (Lipinski definition) is 3. The van der Waals surface area contributed by atoms with Crippen LogP contribution in [0.5, 0.6) is 0 Å². The maximum absolute atomic E-state index is 13.4. The number of hydrogen-bond acceptors (Lipinski definition) is 4. The first-order valence-electron chi connectivity index (χ1n) is 13.7. The van der Waals surface area contributed by atoms with Gasteiger partial charge >= 0.3 is 6.03 Å². The minimum atomic E-state index is -0.724. The highest BCUT2D eigenvalue weighted by atomic mass is 35.5. The number of hydroxylamine groups is 2. The van der Waals surface area contributed by atoms with E-state index >= 15 is 0 Å². The van der Waals surface area contributed by atoms with Crippen molar-refractivity contribution in [2.45, 2.75) is 77.0 Å². The summed E-state index contributed by atoms with van der Waals surface area (Å²) in [4.78, 5) is 26.2. The Morgan fingerprint density at radius 2 is 1.65 bits per heavy atom. The molecule has 0 unspecified atom stereocenters. The molecule has 9 heteroatoms. The number of halogens is 1. The fraction of sp³-hybridized carbons (Fsp3) is 0.484. The standard InChI is InChI=1S/C31H43ClN4O3S/c1-20(2)22-11-14-25-24(17-22)27(40-30(3,4)5)26(36(25)19-21-9-12-23(32)13-10-21)18-31(6,7)28(37)33-15-16-34-29(38)35(8)39/h9-14,17,20,39H,15-16,18-19H2,1-8H3,(H,33,37)(H,34,38). The Kier molecular flexibility index (Phi) is 10.3. The zero-order valence-corrected chi connectivity index (χ0v) is 26.5. The summed E-state index contributed by atoms with van der Waals surface area (Å²) in [5, 5.41) is 17.1. The molecule has 0 aliphatic rings. The van der Waals surface area contributed by atoms with Crippen LogP contribution in [0.15, 0.2) is 47.4 Å². The van der Waals surface area contributed by atoms with E-state index in [0.29, 0.717) is 29.0 Å². The van der Waals surface area contributed by atoms with Gasteiger partial charge in [-0.2, -0.15) is 0 Å². The highest BCUT2D eigenvalue weighted by Crippen LogP contribution is 2.44. The SMILES string of the molecule is CC(C)c1ccc2c(c1)c(SC(C)(C)C)c(CC(C)(C)C(=O)NCCNC(=O)N(C)O)n2Cc1ccc(Cl)cc1. The first-order valence-corrected chi connectivity index (χ1v) is 14.9. The molecule has 3 aromatic rings. The first kappa shape index (κ1) is 31.8. The van der Waals surface area contributed by atoms with Gasteiger partial charge in [-0.1, -0.05) is 78.3 Å². The Morgan fingerprint density at radius 1 is 1.02 bits per heavy atom. The van der Waals surface area contributed by atoms with Crippen LogP contribution in [0.25, 0.3) is 10.9 Å². The maximum Gasteiger partial charge on any atom is 0.340 e. The number of benzene rings is 2. The first-order chi connectivity index (χ1) is 18.6. The molecule has 0 atom stereocenters. The lowest BCUT2D eigenvalue weighted by molar-refractivity contribution is -0.129. The lowest BCUT2D eigenvalue weighted by Gasteiger charge is -2.27. The van der Waals surface area contributed by atoms with Gasteiger partial charge in [-0.05, 0) is 41.3 Å². The summed E-state index contributed by atoms with van der Waals surface area (Å²) < 4.78 is 2.32. The molecule has 1 aromatic heterocycles. The molecule has 2 aromatic carbocycles. The third-order valence-electron chi connectivity index (χ3n) is 6.68. The average Bonchev–Trinajstić information content (AvgIpc) is 3.12. The van der Waals surface area contributed by atoms with Crippen molar-refractivity contribution in [2.75, 3.05) is 20.1 Å². The molecule has 0 aliphatic carbocycles. The van der Waals surface area contributed by atoms with Gasteiger partial charge in [0.2, 0.25) is 5.91 Å². The van der Waals surface area contributed by atoms with Crippen LogP contribution in [-0.4, -0.2) is 51.7 Å². The number of carbonyl (C=O) groups excluding carboxylic acids is 2. The largest absolute Gasteiger partial charge is 0.354 e. The second-order valence-electron chi connectivity index (χ2n) is 12.2. The van der Waals surface area contributed by atoms with E-state index in [1.165, 1.54) is 22.9 Å². The van der Waals surface area contributed by atoms with Gasteiger partial charge in [-0.25, -0.2) is 9.86 Å². The summed E-state index contributed by atoms with van der Waals surface area (Å²) in [7, 11) is 1.25. The number of nitrogens with zero attached hydrogens (tertiary/aromatic N) is 2. The quantitative estimate of drug-likeness (QED) is 0.103. The maximum atomic E-state index is 13.4. The zero-order chi connectivity index (χ0) is 29.8. The van der Waals surface area contributed by atoms with Gasteiger partial charge in [0.25, 0.3) is 0 Å². The van der Waals surface area contributed by atoms with Gasteiger partial charge in [0.05, 0.1) is 0 Å². The van der Waals surface area contributed by atoms with Crippen LogP contribution in [0.1, 0.15) is 71.2 Å². The van der Waals surface area contributed by atoms with Crippen molar-refractivity contribution in [1.82, 2.24) is 20.3 Å². The Labute approximate surface area is 247 Å². The van der Waals surface area contributed by atoms with Gasteiger partial charge < -0.3 is 15.2 Å². The van der Waals surface area contributed by atoms with Crippen molar-refractivity contribution in [1.29, 1.82) is 0 Å². The highest BCUT2D eigenvalue weighted by molar-refractivity contribution is 8.00. The smallest absolute Gasteiger partial charge is 0.340 e. The monoisotopic (exact) mass is 586 g/mol. The average molecular weight is 587 g/mol. The predicted octanol–water partition coefficient (Wildman–Crippen LogP) is 7.07. The Bertz CT molecular complexity index is 1340. The van der Waals surface area contributed by atoms with Crippen molar-refractivity contribution in [3.8, 4) is 0 Å². The molecule has 7 nitrogen and oxygen atoms in total. The van der Waals surface area contributed by atoms with Crippen molar-refractivity contribution < 1.29 is 14.8 Å². The molecule has 0 spiro atoms. The molecule has 3 amide bonds. The zero-order valence-electron chi connectivity index (χ0n) is 24.9. The molecule has 40 heavy (non-hydrogen) atoms. The van der Waals surface area contributed by atoms with Crippen LogP contribution >= 0.6 is 23.4 Å². The van der Waals surface area contributed by atoms with Gasteiger partial charge in [0.15, 0.2) is 0 Å². The van der Waals surface area contributed by atoms with Gasteiger partial charge in [0, 0.05) is 69.8 Å². The Balaban J connectivity index is 2.04. The fourth-order valence-electron chi connectivity index (χ4n) is 4.50. The normalized spacial score (nSPS) is 12.2. The number of urea groups is 1. The van der Waals surface area contributed by atoms with E-state index in [0.717, 1.165) is 16.8 Å². The summed E-state index contributed by atoms with van der Waals surface area (Å²) in [5.74, 6) is 0.297. The number of carbonyl (C=O) groups is 2. The lowest BCUT2D eigenvalue weighted by Crippen LogP contribution is -2.44. The van der Waals surface area contributed by atoms with Crippen LogP contribution in [0, 0.1) is 5.41 Å². The van der Waals surface area contributed by atoms with Crippen LogP contribution in [-0.2, 0) is 17.8 Å². The second kappa shape index (κ2) is 12.9. The third kappa shape index (κ3) is 8.18. The van der Waals surface area contributed by atoms with E-state index in [9.17, 15) is 14.8 Å². The predicted molar refractivity (Wildman–Crippen MR) is 166 cm³/mol. The van der Waals surface area contributed by atoms with E-state index in [-0.39, 0.29) is 23.7 Å². The summed E-state index contributed by atoms with van der Waals surface area (Å²) in [6, 6.07) is 14.0. The van der Waals surface area contributed by atoms with E-state index in [1.54, 1.807) is 0 Å². The van der Waals surface area contributed by atoms with E-state index in [2.05, 4.69) is 68.0 Å². The number of amides is 3. The molecular formula is C31H43ClN4O3S. The minimum absolute atomic E-state index is 0.0353. The van der Waals surface area contributed by atoms with Crippen LogP contribution in [0.2, 0.25) is 5.02 Å². The molecule has 218 valence electrons. The number of nitrogens with one attached hydrogen (secondary N) is 2. The summed E-state index contributed by atoms with van der Waals surface area (Å²) in [5.41, 5.74) is 3.97. The number of rotatable bonds is 10. The molecule has 0 aliphatic heterocycles. The van der Waals surface area contributed by atoms with Gasteiger partial charge in [0.1, 0.15) is 0 Å². The van der Waals surface area contributed by atoms with Crippen molar-refractivity contribution in [3.05, 3.63) is 64.3 Å². The van der Waals surface area contributed by atoms with Crippen molar-refractivity contribution >= 4 is 46.2 Å². The molecule has 0 fully saturated rings. The van der Waals surface area contributed by atoms with Gasteiger partial charge in [-0.15, -0.1) is 11.8 Å². The van der Waals surface area contributed by atoms with Crippen LogP contribution < -0.4 is 10.6 Å². The number of aromatic nitrogens is 1. The molecule has 3 rings (SSSR count). The Hall–Kier alpha value is -2.68.